The summed E-state index contributed by atoms with van der Waals surface area (Å²) in [4.78, 5) is 9.11. The van der Waals surface area contributed by atoms with Crippen LogP contribution in [0.5, 0.6) is 11.5 Å². The molecule has 0 radical (unpaired) electrons. The summed E-state index contributed by atoms with van der Waals surface area (Å²) < 4.78 is 37.9. The number of alkyl halides is 2. The van der Waals surface area contributed by atoms with Gasteiger partial charge in [-0.15, -0.1) is 0 Å². The number of halogens is 2. The van der Waals surface area contributed by atoms with E-state index < -0.39 is 6.61 Å². The number of nitrogens with zero attached hydrogens (tertiary/aromatic N) is 4. The molecule has 6 rings (SSSR count). The number of ether oxygens (including phenoxy) is 2. The van der Waals surface area contributed by atoms with Gasteiger partial charge in [0.25, 0.3) is 0 Å². The molecule has 0 unspecified atom stereocenters. The van der Waals surface area contributed by atoms with Crippen LogP contribution in [0, 0.1) is 25.2 Å². The van der Waals surface area contributed by atoms with Crippen molar-refractivity contribution in [2.24, 2.45) is 4.99 Å². The molecule has 2 aliphatic rings. The number of rotatable bonds is 10. The lowest BCUT2D eigenvalue weighted by Crippen LogP contribution is -2.19. The SMILES string of the molecule is C/N=C(\Oc1ccc(CN2CCCC2)c(OC(F)F)c1)c1cccc(-c2cccc(-c3ccc(CN4CCCC4)c(C#N)c3)c2C)c1C. The van der Waals surface area contributed by atoms with Crippen LogP contribution in [0.2, 0.25) is 0 Å². The average Bonchev–Trinajstić information content (AvgIpc) is 3.80. The van der Waals surface area contributed by atoms with Crippen LogP contribution < -0.4 is 9.47 Å². The topological polar surface area (TPSA) is 61.1 Å². The maximum Gasteiger partial charge on any atom is 0.387 e. The molecule has 48 heavy (non-hydrogen) atoms. The van der Waals surface area contributed by atoms with Gasteiger partial charge in [-0.25, -0.2) is 0 Å². The van der Waals surface area contributed by atoms with E-state index in [2.05, 4.69) is 58.1 Å². The first-order valence-corrected chi connectivity index (χ1v) is 16.7. The van der Waals surface area contributed by atoms with E-state index >= 15 is 0 Å². The van der Waals surface area contributed by atoms with Gasteiger partial charge >= 0.3 is 6.61 Å². The average molecular weight is 649 g/mol. The zero-order chi connectivity index (χ0) is 33.6. The second-order valence-electron chi connectivity index (χ2n) is 12.7. The van der Waals surface area contributed by atoms with Crippen LogP contribution >= 0.6 is 0 Å². The Morgan fingerprint density at radius 2 is 1.40 bits per heavy atom. The molecule has 2 heterocycles. The smallest absolute Gasteiger partial charge is 0.387 e. The van der Waals surface area contributed by atoms with Gasteiger partial charge in [0, 0.05) is 37.3 Å². The Morgan fingerprint density at radius 3 is 2.04 bits per heavy atom. The first-order valence-electron chi connectivity index (χ1n) is 16.7. The van der Waals surface area contributed by atoms with Crippen molar-refractivity contribution in [2.75, 3.05) is 33.2 Å². The van der Waals surface area contributed by atoms with Crippen LogP contribution in [0.3, 0.4) is 0 Å². The van der Waals surface area contributed by atoms with Crippen molar-refractivity contribution in [3.05, 3.63) is 106 Å². The molecule has 248 valence electrons. The molecule has 2 aliphatic heterocycles. The van der Waals surface area contributed by atoms with Crippen molar-refractivity contribution in [1.29, 1.82) is 5.26 Å². The molecule has 2 saturated heterocycles. The lowest BCUT2D eigenvalue weighted by atomic mass is 9.88. The summed E-state index contributed by atoms with van der Waals surface area (Å²) in [7, 11) is 1.66. The molecule has 0 spiro atoms. The van der Waals surface area contributed by atoms with E-state index in [1.54, 1.807) is 19.2 Å². The minimum atomic E-state index is -2.94. The highest BCUT2D eigenvalue weighted by Crippen LogP contribution is 2.36. The zero-order valence-corrected chi connectivity index (χ0v) is 27.9. The van der Waals surface area contributed by atoms with E-state index in [1.165, 1.54) is 18.9 Å². The standard InChI is InChI=1S/C40H42F2N4O2/c1-27-34(29-14-15-30(32(22-29)24-43)25-45-18-4-5-19-45)10-8-11-35(27)36-12-9-13-37(28(36)2)39(44-3)47-33-17-16-31(26-46-20-6-7-21-46)38(23-33)48-40(41)42/h8-17,22-23,40H,4-7,18-21,25-26H2,1-3H3/b44-39-. The van der Waals surface area contributed by atoms with Gasteiger partial charge in [0.2, 0.25) is 5.90 Å². The Balaban J connectivity index is 1.27. The summed E-state index contributed by atoms with van der Waals surface area (Å²) >= 11 is 0. The maximum absolute atomic E-state index is 13.4. The number of likely N-dealkylation sites (tertiary alicyclic amines) is 2. The highest BCUT2D eigenvalue weighted by molar-refractivity contribution is 5.99. The Labute approximate surface area is 282 Å². The third-order valence-corrected chi connectivity index (χ3v) is 9.59. The van der Waals surface area contributed by atoms with Crippen LogP contribution in [0.1, 0.15) is 59.1 Å². The molecule has 0 aliphatic carbocycles. The van der Waals surface area contributed by atoms with Crippen molar-refractivity contribution in [1.82, 2.24) is 9.80 Å². The van der Waals surface area contributed by atoms with Gasteiger partial charge in [-0.05, 0) is 123 Å². The quantitative estimate of drug-likeness (QED) is 0.127. The number of nitriles is 1. The van der Waals surface area contributed by atoms with Crippen molar-refractivity contribution < 1.29 is 18.3 Å². The van der Waals surface area contributed by atoms with Crippen molar-refractivity contribution in [3.63, 3.8) is 0 Å². The van der Waals surface area contributed by atoms with Gasteiger partial charge in [-0.3, -0.25) is 14.8 Å². The minimum absolute atomic E-state index is 0.117. The lowest BCUT2D eigenvalue weighted by Gasteiger charge is -2.20. The molecular formula is C40H42F2N4O2. The Hall–Kier alpha value is -4.58. The molecule has 0 amide bonds. The number of hydrogen-bond donors (Lipinski definition) is 0. The number of benzene rings is 4. The van der Waals surface area contributed by atoms with Crippen molar-refractivity contribution >= 4 is 5.90 Å². The highest BCUT2D eigenvalue weighted by Gasteiger charge is 2.20. The van der Waals surface area contributed by atoms with E-state index in [0.29, 0.717) is 23.8 Å². The maximum atomic E-state index is 13.4. The van der Waals surface area contributed by atoms with E-state index in [0.717, 1.165) is 95.6 Å². The third-order valence-electron chi connectivity index (χ3n) is 9.59. The molecule has 0 N–H and O–H groups in total. The van der Waals surface area contributed by atoms with Crippen molar-refractivity contribution in [2.45, 2.75) is 59.2 Å². The molecule has 0 saturated carbocycles. The lowest BCUT2D eigenvalue weighted by molar-refractivity contribution is -0.0507. The van der Waals surface area contributed by atoms with E-state index in [4.69, 9.17) is 9.47 Å². The summed E-state index contributed by atoms with van der Waals surface area (Å²) in [6.45, 7) is 6.64. The van der Waals surface area contributed by atoms with Crippen LogP contribution in [0.25, 0.3) is 22.3 Å². The fourth-order valence-electron chi connectivity index (χ4n) is 7.02. The molecule has 8 heteroatoms. The van der Waals surface area contributed by atoms with Crippen LogP contribution in [-0.4, -0.2) is 55.5 Å². The summed E-state index contributed by atoms with van der Waals surface area (Å²) in [5, 5.41) is 10.0. The first kappa shape index (κ1) is 33.3. The summed E-state index contributed by atoms with van der Waals surface area (Å²) in [6, 6.07) is 26.1. The van der Waals surface area contributed by atoms with E-state index in [1.807, 2.05) is 31.2 Å². The molecule has 2 fully saturated rings. The Kier molecular flexibility index (Phi) is 10.5. The van der Waals surface area contributed by atoms with Gasteiger partial charge in [0.15, 0.2) is 0 Å². The zero-order valence-electron chi connectivity index (χ0n) is 27.9. The van der Waals surface area contributed by atoms with Crippen molar-refractivity contribution in [3.8, 4) is 39.8 Å². The van der Waals surface area contributed by atoms with Gasteiger partial charge in [0.05, 0.1) is 11.6 Å². The largest absolute Gasteiger partial charge is 0.439 e. The second kappa shape index (κ2) is 15.1. The predicted octanol–water partition coefficient (Wildman–Crippen LogP) is 8.76. The highest BCUT2D eigenvalue weighted by atomic mass is 19.3. The molecule has 4 aromatic rings. The molecule has 0 atom stereocenters. The molecule has 0 bridgehead atoms. The second-order valence-corrected chi connectivity index (χ2v) is 12.7. The van der Waals surface area contributed by atoms with Crippen LogP contribution in [0.4, 0.5) is 8.78 Å². The first-order chi connectivity index (χ1) is 23.3. The van der Waals surface area contributed by atoms with E-state index in [9.17, 15) is 14.0 Å². The monoisotopic (exact) mass is 648 g/mol. The van der Waals surface area contributed by atoms with Gasteiger partial charge in [-0.2, -0.15) is 14.0 Å². The predicted molar refractivity (Wildman–Crippen MR) is 187 cm³/mol. The fourth-order valence-corrected chi connectivity index (χ4v) is 7.02. The van der Waals surface area contributed by atoms with Gasteiger partial charge in [-0.1, -0.05) is 48.5 Å². The molecule has 0 aromatic heterocycles. The fraction of sp³-hybridized carbons (Fsp3) is 0.350. The third kappa shape index (κ3) is 7.43. The molecule has 6 nitrogen and oxygen atoms in total. The van der Waals surface area contributed by atoms with Crippen LogP contribution in [-0.2, 0) is 13.1 Å². The molecule has 4 aromatic carbocycles. The number of aliphatic imine (C=N–C) groups is 1. The summed E-state index contributed by atoms with van der Waals surface area (Å²) in [5.41, 5.74) is 9.56. The van der Waals surface area contributed by atoms with Crippen LogP contribution in [0.15, 0.2) is 77.8 Å². The van der Waals surface area contributed by atoms with Gasteiger partial charge in [0.1, 0.15) is 11.5 Å². The Morgan fingerprint density at radius 1 is 0.792 bits per heavy atom. The van der Waals surface area contributed by atoms with E-state index in [-0.39, 0.29) is 5.75 Å². The minimum Gasteiger partial charge on any atom is -0.439 e. The number of hydrogen-bond acceptors (Lipinski definition) is 6. The molecular weight excluding hydrogens is 606 g/mol. The van der Waals surface area contributed by atoms with Gasteiger partial charge < -0.3 is 9.47 Å². The Bertz CT molecular complexity index is 1840. The summed E-state index contributed by atoms with van der Waals surface area (Å²) in [5.74, 6) is 0.873. The summed E-state index contributed by atoms with van der Waals surface area (Å²) in [6.07, 6.45) is 4.65. The normalized spacial score (nSPS) is 15.6.